The molecule has 3 rings (SSSR count). The highest BCUT2D eigenvalue weighted by atomic mass is 79.9. The second-order valence-corrected chi connectivity index (χ2v) is 6.89. The standard InChI is InChI=1S/C16H23BrN2/c1-2-15-11-19(16(9-18-15)13-6-7-13)10-12-4-3-5-14(17)8-12/h3-5,8,13,15-16,18H,2,6-7,9-11H2,1H3. The fourth-order valence-electron chi connectivity index (χ4n) is 3.17. The third-order valence-electron chi connectivity index (χ3n) is 4.47. The molecule has 2 fully saturated rings. The van der Waals surface area contributed by atoms with Crippen LogP contribution in [0.3, 0.4) is 0 Å². The van der Waals surface area contributed by atoms with Gasteiger partial charge in [-0.15, -0.1) is 0 Å². The van der Waals surface area contributed by atoms with Gasteiger partial charge in [-0.2, -0.15) is 0 Å². The quantitative estimate of drug-likeness (QED) is 0.913. The van der Waals surface area contributed by atoms with Crippen LogP contribution in [0, 0.1) is 5.92 Å². The summed E-state index contributed by atoms with van der Waals surface area (Å²) in [4.78, 5) is 2.71. The molecule has 1 saturated carbocycles. The molecule has 0 radical (unpaired) electrons. The number of piperazine rings is 1. The summed E-state index contributed by atoms with van der Waals surface area (Å²) in [7, 11) is 0. The lowest BCUT2D eigenvalue weighted by molar-refractivity contribution is 0.106. The van der Waals surface area contributed by atoms with Crippen molar-refractivity contribution in [2.45, 2.75) is 44.8 Å². The van der Waals surface area contributed by atoms with E-state index in [9.17, 15) is 0 Å². The van der Waals surface area contributed by atoms with E-state index >= 15 is 0 Å². The molecule has 0 aromatic heterocycles. The van der Waals surface area contributed by atoms with Crippen LogP contribution in [0.15, 0.2) is 28.7 Å². The Morgan fingerprint density at radius 2 is 2.21 bits per heavy atom. The third kappa shape index (κ3) is 3.39. The number of nitrogens with one attached hydrogen (secondary N) is 1. The second kappa shape index (κ2) is 5.94. The van der Waals surface area contributed by atoms with Crippen molar-refractivity contribution in [2.24, 2.45) is 5.92 Å². The van der Waals surface area contributed by atoms with E-state index in [0.717, 1.165) is 18.5 Å². The molecule has 1 saturated heterocycles. The molecular weight excluding hydrogens is 300 g/mol. The molecule has 1 N–H and O–H groups in total. The maximum atomic E-state index is 3.72. The van der Waals surface area contributed by atoms with Gasteiger partial charge in [0.1, 0.15) is 0 Å². The molecule has 104 valence electrons. The SMILES string of the molecule is CCC1CN(Cc2cccc(Br)c2)C(C2CC2)CN1. The van der Waals surface area contributed by atoms with Crippen molar-refractivity contribution in [2.75, 3.05) is 13.1 Å². The topological polar surface area (TPSA) is 15.3 Å². The van der Waals surface area contributed by atoms with Crippen LogP contribution in [0.4, 0.5) is 0 Å². The van der Waals surface area contributed by atoms with Crippen molar-refractivity contribution >= 4 is 15.9 Å². The monoisotopic (exact) mass is 322 g/mol. The Bertz CT molecular complexity index is 431. The highest BCUT2D eigenvalue weighted by Crippen LogP contribution is 2.37. The number of hydrogen-bond acceptors (Lipinski definition) is 2. The summed E-state index contributed by atoms with van der Waals surface area (Å²) in [6.07, 6.45) is 4.09. The van der Waals surface area contributed by atoms with Gasteiger partial charge >= 0.3 is 0 Å². The lowest BCUT2D eigenvalue weighted by Crippen LogP contribution is -2.56. The maximum absolute atomic E-state index is 3.72. The van der Waals surface area contributed by atoms with Gasteiger partial charge in [0.2, 0.25) is 0 Å². The summed E-state index contributed by atoms with van der Waals surface area (Å²) >= 11 is 3.58. The first-order valence-electron chi connectivity index (χ1n) is 7.48. The summed E-state index contributed by atoms with van der Waals surface area (Å²) in [6.45, 7) is 5.76. The van der Waals surface area contributed by atoms with Gasteiger partial charge in [0, 0.05) is 36.2 Å². The Morgan fingerprint density at radius 3 is 2.89 bits per heavy atom. The summed E-state index contributed by atoms with van der Waals surface area (Å²) in [5.41, 5.74) is 1.43. The van der Waals surface area contributed by atoms with E-state index < -0.39 is 0 Å². The van der Waals surface area contributed by atoms with Crippen molar-refractivity contribution < 1.29 is 0 Å². The minimum absolute atomic E-state index is 0.669. The van der Waals surface area contributed by atoms with Gasteiger partial charge in [0.05, 0.1) is 0 Å². The van der Waals surface area contributed by atoms with E-state index in [4.69, 9.17) is 0 Å². The van der Waals surface area contributed by atoms with Crippen LogP contribution >= 0.6 is 15.9 Å². The van der Waals surface area contributed by atoms with Crippen molar-refractivity contribution in [3.63, 3.8) is 0 Å². The molecule has 2 atom stereocenters. The van der Waals surface area contributed by atoms with E-state index in [1.54, 1.807) is 0 Å². The smallest absolute Gasteiger partial charge is 0.0253 e. The summed E-state index contributed by atoms with van der Waals surface area (Å²) in [6, 6.07) is 10.2. The molecular formula is C16H23BrN2. The Morgan fingerprint density at radius 1 is 1.37 bits per heavy atom. The molecule has 1 aromatic carbocycles. The van der Waals surface area contributed by atoms with Gasteiger partial charge in [-0.1, -0.05) is 35.0 Å². The molecule has 1 aromatic rings. The number of hydrogen-bond donors (Lipinski definition) is 1. The van der Waals surface area contributed by atoms with Crippen LogP contribution in [0.5, 0.6) is 0 Å². The van der Waals surface area contributed by atoms with Gasteiger partial charge in [0.25, 0.3) is 0 Å². The summed E-state index contributed by atoms with van der Waals surface area (Å²) < 4.78 is 1.19. The number of nitrogens with zero attached hydrogens (tertiary/aromatic N) is 1. The average Bonchev–Trinajstić information content (AvgIpc) is 3.23. The first kappa shape index (κ1) is 13.6. The molecule has 2 aliphatic rings. The van der Waals surface area contributed by atoms with Crippen LogP contribution in [0.1, 0.15) is 31.7 Å². The van der Waals surface area contributed by atoms with E-state index in [0.29, 0.717) is 6.04 Å². The largest absolute Gasteiger partial charge is 0.311 e. The fourth-order valence-corrected chi connectivity index (χ4v) is 3.62. The van der Waals surface area contributed by atoms with Crippen LogP contribution in [-0.4, -0.2) is 30.1 Å². The van der Waals surface area contributed by atoms with Crippen molar-refractivity contribution in [3.05, 3.63) is 34.3 Å². The highest BCUT2D eigenvalue weighted by Gasteiger charge is 2.38. The first-order valence-corrected chi connectivity index (χ1v) is 8.27. The van der Waals surface area contributed by atoms with E-state index in [2.05, 4.69) is 57.3 Å². The zero-order valence-corrected chi connectivity index (χ0v) is 13.2. The molecule has 2 nitrogen and oxygen atoms in total. The lowest BCUT2D eigenvalue weighted by atomic mass is 10.0. The minimum atomic E-state index is 0.669. The van der Waals surface area contributed by atoms with E-state index in [1.165, 1.54) is 42.4 Å². The highest BCUT2D eigenvalue weighted by molar-refractivity contribution is 9.10. The van der Waals surface area contributed by atoms with Gasteiger partial charge in [0.15, 0.2) is 0 Å². The maximum Gasteiger partial charge on any atom is 0.0253 e. The second-order valence-electron chi connectivity index (χ2n) is 5.98. The van der Waals surface area contributed by atoms with Gasteiger partial charge in [-0.05, 0) is 42.9 Å². The fraction of sp³-hybridized carbons (Fsp3) is 0.625. The molecule has 1 aliphatic heterocycles. The molecule has 3 heteroatoms. The number of benzene rings is 1. The summed E-state index contributed by atoms with van der Waals surface area (Å²) in [5.74, 6) is 0.942. The molecule has 19 heavy (non-hydrogen) atoms. The van der Waals surface area contributed by atoms with Crippen LogP contribution in [-0.2, 0) is 6.54 Å². The van der Waals surface area contributed by atoms with Crippen LogP contribution < -0.4 is 5.32 Å². The third-order valence-corrected chi connectivity index (χ3v) is 4.97. The molecule has 1 heterocycles. The van der Waals surface area contributed by atoms with E-state index in [-0.39, 0.29) is 0 Å². The normalized spacial score (nSPS) is 28.5. The van der Waals surface area contributed by atoms with Gasteiger partial charge in [-0.25, -0.2) is 0 Å². The molecule has 1 aliphatic carbocycles. The Kier molecular flexibility index (Phi) is 4.25. The molecule has 0 spiro atoms. The van der Waals surface area contributed by atoms with Gasteiger partial charge < -0.3 is 5.32 Å². The molecule has 0 amide bonds. The molecule has 2 unspecified atom stereocenters. The zero-order valence-electron chi connectivity index (χ0n) is 11.6. The summed E-state index contributed by atoms with van der Waals surface area (Å²) in [5, 5.41) is 3.72. The van der Waals surface area contributed by atoms with Gasteiger partial charge in [-0.3, -0.25) is 4.90 Å². The Hall–Kier alpha value is -0.380. The lowest BCUT2D eigenvalue weighted by Gasteiger charge is -2.40. The predicted octanol–water partition coefficient (Wildman–Crippen LogP) is 3.41. The van der Waals surface area contributed by atoms with Crippen molar-refractivity contribution in [1.29, 1.82) is 0 Å². The first-order chi connectivity index (χ1) is 9.26. The average molecular weight is 323 g/mol. The number of rotatable bonds is 4. The van der Waals surface area contributed by atoms with Crippen LogP contribution in [0.2, 0.25) is 0 Å². The minimum Gasteiger partial charge on any atom is -0.311 e. The van der Waals surface area contributed by atoms with E-state index in [1.807, 2.05) is 0 Å². The Labute approximate surface area is 124 Å². The molecule has 0 bridgehead atoms. The predicted molar refractivity (Wildman–Crippen MR) is 83.1 cm³/mol. The Balaban J connectivity index is 1.71. The van der Waals surface area contributed by atoms with Crippen molar-refractivity contribution in [1.82, 2.24) is 10.2 Å². The number of halogens is 1. The van der Waals surface area contributed by atoms with Crippen LogP contribution in [0.25, 0.3) is 0 Å². The van der Waals surface area contributed by atoms with Crippen molar-refractivity contribution in [3.8, 4) is 0 Å². The zero-order chi connectivity index (χ0) is 13.2.